The van der Waals surface area contributed by atoms with Crippen LogP contribution in [0, 0.1) is 0 Å². The first-order valence-electron chi connectivity index (χ1n) is 6.76. The maximum atomic E-state index is 11.5. The second kappa shape index (κ2) is 7.45. The van der Waals surface area contributed by atoms with E-state index in [9.17, 15) is 4.79 Å². The van der Waals surface area contributed by atoms with E-state index in [-0.39, 0.29) is 5.97 Å². The lowest BCUT2D eigenvalue weighted by Gasteiger charge is -2.08. The topological polar surface area (TPSA) is 47.6 Å². The summed E-state index contributed by atoms with van der Waals surface area (Å²) in [5.74, 6) is 0.464. The molecule has 4 heteroatoms. The van der Waals surface area contributed by atoms with Gasteiger partial charge in [-0.1, -0.05) is 24.3 Å². The first kappa shape index (κ1) is 15.1. The Labute approximate surface area is 124 Å². The van der Waals surface area contributed by atoms with Gasteiger partial charge in [-0.15, -0.1) is 0 Å². The minimum atomic E-state index is -0.340. The molecule has 0 heterocycles. The molecule has 0 unspecified atom stereocenters. The van der Waals surface area contributed by atoms with Crippen LogP contribution in [-0.2, 0) is 17.9 Å². The Hall–Kier alpha value is -2.33. The van der Waals surface area contributed by atoms with Crippen LogP contribution < -0.4 is 10.1 Å². The fourth-order valence-electron chi connectivity index (χ4n) is 1.98. The number of carbonyl (C=O) groups is 1. The lowest BCUT2D eigenvalue weighted by Crippen LogP contribution is -2.05. The van der Waals surface area contributed by atoms with Crippen molar-refractivity contribution in [1.29, 1.82) is 0 Å². The lowest BCUT2D eigenvalue weighted by atomic mass is 10.1. The van der Waals surface area contributed by atoms with Gasteiger partial charge in [0.1, 0.15) is 12.4 Å². The maximum Gasteiger partial charge on any atom is 0.337 e. The maximum absolute atomic E-state index is 11.5. The van der Waals surface area contributed by atoms with Crippen molar-refractivity contribution in [1.82, 2.24) is 5.32 Å². The third kappa shape index (κ3) is 4.33. The van der Waals surface area contributed by atoms with Crippen molar-refractivity contribution in [2.45, 2.75) is 13.2 Å². The van der Waals surface area contributed by atoms with Crippen LogP contribution in [0.15, 0.2) is 48.5 Å². The second-order valence-electron chi connectivity index (χ2n) is 4.65. The van der Waals surface area contributed by atoms with E-state index >= 15 is 0 Å². The lowest BCUT2D eigenvalue weighted by molar-refractivity contribution is 0.0600. The zero-order valence-corrected chi connectivity index (χ0v) is 12.3. The number of rotatable bonds is 6. The highest BCUT2D eigenvalue weighted by Gasteiger charge is 2.05. The Kier molecular flexibility index (Phi) is 5.35. The van der Waals surface area contributed by atoms with Crippen molar-refractivity contribution < 1.29 is 14.3 Å². The summed E-state index contributed by atoms with van der Waals surface area (Å²) < 4.78 is 10.4. The molecule has 0 radical (unpaired) electrons. The minimum Gasteiger partial charge on any atom is -0.489 e. The summed E-state index contributed by atoms with van der Waals surface area (Å²) in [5, 5.41) is 3.10. The van der Waals surface area contributed by atoms with Crippen molar-refractivity contribution in [2.75, 3.05) is 14.2 Å². The van der Waals surface area contributed by atoms with Gasteiger partial charge in [-0.25, -0.2) is 4.79 Å². The predicted octanol–water partition coefficient (Wildman–Crippen LogP) is 2.77. The van der Waals surface area contributed by atoms with Crippen LogP contribution in [0.25, 0.3) is 0 Å². The number of hydrogen-bond donors (Lipinski definition) is 1. The molecule has 0 aromatic heterocycles. The third-order valence-electron chi connectivity index (χ3n) is 3.06. The fraction of sp³-hybridized carbons (Fsp3) is 0.235. The fourth-order valence-corrected chi connectivity index (χ4v) is 1.98. The Morgan fingerprint density at radius 2 is 1.86 bits per heavy atom. The first-order chi connectivity index (χ1) is 10.2. The largest absolute Gasteiger partial charge is 0.489 e. The van der Waals surface area contributed by atoms with Crippen LogP contribution >= 0.6 is 0 Å². The molecule has 0 bridgehead atoms. The predicted molar refractivity (Wildman–Crippen MR) is 81.3 cm³/mol. The molecule has 110 valence electrons. The molecule has 0 saturated carbocycles. The Morgan fingerprint density at radius 1 is 1.10 bits per heavy atom. The summed E-state index contributed by atoms with van der Waals surface area (Å²) in [6.07, 6.45) is 0. The Bertz CT molecular complexity index is 593. The smallest absolute Gasteiger partial charge is 0.337 e. The molecule has 2 aromatic carbocycles. The molecule has 0 spiro atoms. The van der Waals surface area contributed by atoms with Crippen LogP contribution in [0.1, 0.15) is 21.5 Å². The molecule has 4 nitrogen and oxygen atoms in total. The highest BCUT2D eigenvalue weighted by atomic mass is 16.5. The highest BCUT2D eigenvalue weighted by molar-refractivity contribution is 5.89. The van der Waals surface area contributed by atoms with E-state index in [4.69, 9.17) is 9.47 Å². The summed E-state index contributed by atoms with van der Waals surface area (Å²) in [6, 6.07) is 15.2. The van der Waals surface area contributed by atoms with Crippen LogP contribution in [0.2, 0.25) is 0 Å². The van der Waals surface area contributed by atoms with Gasteiger partial charge in [-0.05, 0) is 42.4 Å². The highest BCUT2D eigenvalue weighted by Crippen LogP contribution is 2.15. The zero-order chi connectivity index (χ0) is 15.1. The van der Waals surface area contributed by atoms with Crippen molar-refractivity contribution in [3.05, 3.63) is 65.2 Å². The number of methoxy groups -OCH3 is 1. The molecule has 0 saturated heterocycles. The van der Waals surface area contributed by atoms with E-state index in [2.05, 4.69) is 5.32 Å². The van der Waals surface area contributed by atoms with Crippen LogP contribution in [0.5, 0.6) is 5.75 Å². The summed E-state index contributed by atoms with van der Waals surface area (Å²) in [5.41, 5.74) is 2.66. The quantitative estimate of drug-likeness (QED) is 0.829. The van der Waals surface area contributed by atoms with Crippen molar-refractivity contribution >= 4 is 5.97 Å². The first-order valence-corrected chi connectivity index (χ1v) is 6.76. The van der Waals surface area contributed by atoms with Gasteiger partial charge in [-0.2, -0.15) is 0 Å². The van der Waals surface area contributed by atoms with Crippen LogP contribution in [0.4, 0.5) is 0 Å². The van der Waals surface area contributed by atoms with Crippen LogP contribution in [-0.4, -0.2) is 20.1 Å². The van der Waals surface area contributed by atoms with E-state index in [1.165, 1.54) is 12.7 Å². The Morgan fingerprint density at radius 3 is 2.52 bits per heavy atom. The normalized spacial score (nSPS) is 10.2. The number of esters is 1. The Balaban J connectivity index is 1.97. The van der Waals surface area contributed by atoms with Crippen molar-refractivity contribution in [3.63, 3.8) is 0 Å². The molecular weight excluding hydrogens is 266 g/mol. The van der Waals surface area contributed by atoms with E-state index < -0.39 is 0 Å². The van der Waals surface area contributed by atoms with E-state index in [1.54, 1.807) is 12.1 Å². The van der Waals surface area contributed by atoms with Gasteiger partial charge >= 0.3 is 5.97 Å². The van der Waals surface area contributed by atoms with Crippen molar-refractivity contribution in [2.24, 2.45) is 0 Å². The number of nitrogens with one attached hydrogen (secondary N) is 1. The number of carbonyl (C=O) groups excluding carboxylic acids is 1. The van der Waals surface area contributed by atoms with Gasteiger partial charge in [0, 0.05) is 6.54 Å². The molecule has 0 atom stereocenters. The van der Waals surface area contributed by atoms with Gasteiger partial charge in [-0.3, -0.25) is 0 Å². The zero-order valence-electron chi connectivity index (χ0n) is 12.3. The van der Waals surface area contributed by atoms with Gasteiger partial charge < -0.3 is 14.8 Å². The van der Waals surface area contributed by atoms with Gasteiger partial charge in [0.2, 0.25) is 0 Å². The average Bonchev–Trinajstić information content (AvgIpc) is 2.54. The molecule has 0 aliphatic rings. The molecular formula is C17H19NO3. The molecule has 21 heavy (non-hydrogen) atoms. The standard InChI is InChI=1S/C17H19NO3/c1-18-11-13-6-8-16(9-7-13)21-12-14-4-3-5-15(10-14)17(19)20-2/h3-10,18H,11-12H2,1-2H3. The molecule has 2 aromatic rings. The van der Waals surface area contributed by atoms with Crippen LogP contribution in [0.3, 0.4) is 0 Å². The molecule has 0 aliphatic carbocycles. The average molecular weight is 285 g/mol. The minimum absolute atomic E-state index is 0.340. The second-order valence-corrected chi connectivity index (χ2v) is 4.65. The van der Waals surface area contributed by atoms with Gasteiger partial charge in [0.25, 0.3) is 0 Å². The molecule has 2 rings (SSSR count). The summed E-state index contributed by atoms with van der Waals surface area (Å²) in [4.78, 5) is 11.5. The van der Waals surface area contributed by atoms with E-state index in [0.29, 0.717) is 12.2 Å². The molecule has 0 fully saturated rings. The van der Waals surface area contributed by atoms with E-state index in [1.807, 2.05) is 43.4 Å². The van der Waals surface area contributed by atoms with Crippen molar-refractivity contribution in [3.8, 4) is 5.75 Å². The number of benzene rings is 2. The third-order valence-corrected chi connectivity index (χ3v) is 3.06. The summed E-state index contributed by atoms with van der Waals surface area (Å²) in [7, 11) is 3.29. The molecule has 1 N–H and O–H groups in total. The number of ether oxygens (including phenoxy) is 2. The summed E-state index contributed by atoms with van der Waals surface area (Å²) in [6.45, 7) is 1.25. The monoisotopic (exact) mass is 285 g/mol. The SMILES string of the molecule is CNCc1ccc(OCc2cccc(C(=O)OC)c2)cc1. The van der Waals surface area contributed by atoms with Gasteiger partial charge in [0.15, 0.2) is 0 Å². The molecule has 0 amide bonds. The summed E-state index contributed by atoms with van der Waals surface area (Å²) >= 11 is 0. The van der Waals surface area contributed by atoms with E-state index in [0.717, 1.165) is 17.9 Å². The van der Waals surface area contributed by atoms with Gasteiger partial charge in [0.05, 0.1) is 12.7 Å². The number of hydrogen-bond acceptors (Lipinski definition) is 4. The molecule has 0 aliphatic heterocycles.